The number of hydrogen-bond donors (Lipinski definition) is 2. The first-order valence-corrected chi connectivity index (χ1v) is 5.24. The van der Waals surface area contributed by atoms with Crippen molar-refractivity contribution >= 4 is 23.4 Å². The number of carboxylic acid groups (broad SMARTS) is 1. The molecule has 0 atom stereocenters. The summed E-state index contributed by atoms with van der Waals surface area (Å²) in [5, 5.41) is 8.52. The van der Waals surface area contributed by atoms with Gasteiger partial charge in [0.1, 0.15) is 5.02 Å². The highest BCUT2D eigenvalue weighted by molar-refractivity contribution is 6.34. The van der Waals surface area contributed by atoms with Crippen LogP contribution in [0, 0.1) is 0 Å². The van der Waals surface area contributed by atoms with E-state index in [2.05, 4.69) is 14.7 Å². The van der Waals surface area contributed by atoms with E-state index in [-0.39, 0.29) is 16.6 Å². The molecule has 2 aromatic heterocycles. The number of halogens is 1. The average Bonchev–Trinajstić information content (AvgIpc) is 2.35. The summed E-state index contributed by atoms with van der Waals surface area (Å²) in [6.45, 7) is 0. The summed E-state index contributed by atoms with van der Waals surface area (Å²) < 4.78 is 4.45. The van der Waals surface area contributed by atoms with E-state index in [0.29, 0.717) is 11.4 Å². The lowest BCUT2D eigenvalue weighted by Crippen LogP contribution is -2.06. The third kappa shape index (κ3) is 2.49. The van der Waals surface area contributed by atoms with Gasteiger partial charge in [0.2, 0.25) is 5.88 Å². The van der Waals surface area contributed by atoms with Gasteiger partial charge in [0.25, 0.3) is 0 Å². The van der Waals surface area contributed by atoms with Crippen molar-refractivity contribution < 1.29 is 14.6 Å². The summed E-state index contributed by atoms with van der Waals surface area (Å²) in [6, 6.07) is 6.73. The molecule has 92 valence electrons. The lowest BCUT2D eigenvalue weighted by atomic mass is 10.2. The number of hydrogen-bond acceptors (Lipinski definition) is 5. The maximum atomic E-state index is 10.5. The molecule has 0 aliphatic heterocycles. The highest BCUT2D eigenvalue weighted by atomic mass is 35.5. The molecule has 2 heterocycles. The molecule has 0 aliphatic carbocycles. The Morgan fingerprint density at radius 2 is 2.17 bits per heavy atom. The lowest BCUT2D eigenvalue weighted by molar-refractivity contribution is 0.142. The number of nitrogen functional groups attached to an aromatic ring is 1. The topological polar surface area (TPSA) is 98.3 Å². The highest BCUT2D eigenvalue weighted by Crippen LogP contribution is 2.32. The molecule has 2 rings (SSSR count). The molecule has 3 N–H and O–H groups in total. The minimum absolute atomic E-state index is 0.0444. The maximum Gasteiger partial charge on any atom is 0.512 e. The van der Waals surface area contributed by atoms with Crippen LogP contribution < -0.4 is 10.5 Å². The molecule has 18 heavy (non-hydrogen) atoms. The summed E-state index contributed by atoms with van der Waals surface area (Å²) in [5.74, 6) is -0.259. The molecule has 0 bridgehead atoms. The molecule has 0 aliphatic rings. The summed E-state index contributed by atoms with van der Waals surface area (Å²) in [4.78, 5) is 18.5. The molecule has 0 radical (unpaired) electrons. The van der Waals surface area contributed by atoms with E-state index in [1.54, 1.807) is 24.4 Å². The van der Waals surface area contributed by atoms with Crippen LogP contribution in [-0.4, -0.2) is 21.2 Å². The zero-order valence-electron chi connectivity index (χ0n) is 9.00. The molecule has 6 nitrogen and oxygen atoms in total. The second-order valence-corrected chi connectivity index (χ2v) is 3.68. The Morgan fingerprint density at radius 1 is 1.39 bits per heavy atom. The predicted molar refractivity (Wildman–Crippen MR) is 65.5 cm³/mol. The van der Waals surface area contributed by atoms with E-state index >= 15 is 0 Å². The number of rotatable bonds is 2. The van der Waals surface area contributed by atoms with E-state index in [0.717, 1.165) is 0 Å². The molecule has 0 unspecified atom stereocenters. The van der Waals surface area contributed by atoms with Crippen molar-refractivity contribution in [2.24, 2.45) is 0 Å². The third-order valence-corrected chi connectivity index (χ3v) is 2.45. The Hall–Kier alpha value is -2.34. The number of carbonyl (C=O) groups is 1. The zero-order valence-corrected chi connectivity index (χ0v) is 9.76. The lowest BCUT2D eigenvalue weighted by Gasteiger charge is -2.07. The van der Waals surface area contributed by atoms with Gasteiger partial charge in [-0.3, -0.25) is 4.98 Å². The normalized spacial score (nSPS) is 10.1. The van der Waals surface area contributed by atoms with Crippen LogP contribution in [0.2, 0.25) is 5.02 Å². The fourth-order valence-electron chi connectivity index (χ4n) is 1.32. The smallest absolute Gasteiger partial charge is 0.449 e. The molecule has 0 saturated carbocycles. The molecule has 0 spiro atoms. The van der Waals surface area contributed by atoms with Crippen molar-refractivity contribution in [2.75, 3.05) is 5.73 Å². The number of nitrogens with two attached hydrogens (primary N) is 1. The van der Waals surface area contributed by atoms with E-state index < -0.39 is 6.16 Å². The number of aromatic nitrogens is 2. The van der Waals surface area contributed by atoms with Crippen molar-refractivity contribution in [2.45, 2.75) is 0 Å². The first-order chi connectivity index (χ1) is 8.58. The Labute approximate surface area is 107 Å². The Balaban J connectivity index is 2.51. The molecule has 0 aromatic carbocycles. The molecular weight excluding hydrogens is 258 g/mol. The monoisotopic (exact) mass is 265 g/mol. The van der Waals surface area contributed by atoms with Crippen molar-refractivity contribution in [1.29, 1.82) is 0 Å². The van der Waals surface area contributed by atoms with Gasteiger partial charge in [-0.25, -0.2) is 9.78 Å². The van der Waals surface area contributed by atoms with E-state index in [9.17, 15) is 4.79 Å². The summed E-state index contributed by atoms with van der Waals surface area (Å²) in [5.41, 5.74) is 6.75. The molecule has 0 fully saturated rings. The standard InChI is InChI=1S/C11H8ClN3O3/c12-9-6(13)5-8(7-3-1-2-4-14-7)15-10(9)18-11(16)17/h1-5H,(H2,13,15)(H,16,17). The predicted octanol–water partition coefficient (Wildman–Crippen LogP) is 2.44. The van der Waals surface area contributed by atoms with Gasteiger partial charge in [0.05, 0.1) is 17.1 Å². The molecule has 2 aromatic rings. The van der Waals surface area contributed by atoms with Gasteiger partial charge in [-0.2, -0.15) is 0 Å². The van der Waals surface area contributed by atoms with Crippen LogP contribution in [-0.2, 0) is 0 Å². The van der Waals surface area contributed by atoms with E-state index in [1.165, 1.54) is 6.07 Å². The maximum absolute atomic E-state index is 10.5. The van der Waals surface area contributed by atoms with Crippen LogP contribution in [0.3, 0.4) is 0 Å². The van der Waals surface area contributed by atoms with Crippen LogP contribution in [0.1, 0.15) is 0 Å². The van der Waals surface area contributed by atoms with Crippen molar-refractivity contribution in [1.82, 2.24) is 9.97 Å². The fourth-order valence-corrected chi connectivity index (χ4v) is 1.46. The molecular formula is C11H8ClN3O3. The average molecular weight is 266 g/mol. The van der Waals surface area contributed by atoms with Gasteiger partial charge >= 0.3 is 6.16 Å². The second-order valence-electron chi connectivity index (χ2n) is 3.30. The number of pyridine rings is 2. The van der Waals surface area contributed by atoms with Crippen molar-refractivity contribution in [3.8, 4) is 17.3 Å². The second kappa shape index (κ2) is 4.89. The van der Waals surface area contributed by atoms with Crippen LogP contribution >= 0.6 is 11.6 Å². The Morgan fingerprint density at radius 3 is 2.78 bits per heavy atom. The molecule has 0 saturated heterocycles. The van der Waals surface area contributed by atoms with Gasteiger partial charge in [-0.05, 0) is 18.2 Å². The number of ether oxygens (including phenoxy) is 1. The van der Waals surface area contributed by atoms with Gasteiger partial charge < -0.3 is 15.6 Å². The minimum Gasteiger partial charge on any atom is -0.449 e. The third-order valence-electron chi connectivity index (χ3n) is 2.07. The largest absolute Gasteiger partial charge is 0.512 e. The zero-order chi connectivity index (χ0) is 13.1. The molecule has 0 amide bonds. The number of anilines is 1. The fraction of sp³-hybridized carbons (Fsp3) is 0. The quantitative estimate of drug-likeness (QED) is 0.809. The first-order valence-electron chi connectivity index (χ1n) is 4.86. The van der Waals surface area contributed by atoms with E-state index in [1.807, 2.05) is 0 Å². The van der Waals surface area contributed by atoms with E-state index in [4.69, 9.17) is 22.4 Å². The van der Waals surface area contributed by atoms with Gasteiger partial charge in [-0.1, -0.05) is 17.7 Å². The van der Waals surface area contributed by atoms with Crippen LogP contribution in [0.25, 0.3) is 11.4 Å². The first kappa shape index (κ1) is 12.1. The Bertz CT molecular complexity index is 590. The van der Waals surface area contributed by atoms with Crippen molar-refractivity contribution in [3.05, 3.63) is 35.5 Å². The van der Waals surface area contributed by atoms with Crippen molar-refractivity contribution in [3.63, 3.8) is 0 Å². The Kier molecular flexibility index (Phi) is 3.29. The van der Waals surface area contributed by atoms with Crippen LogP contribution in [0.5, 0.6) is 5.88 Å². The number of nitrogens with zero attached hydrogens (tertiary/aromatic N) is 2. The van der Waals surface area contributed by atoms with Gasteiger partial charge in [0.15, 0.2) is 0 Å². The summed E-state index contributed by atoms with van der Waals surface area (Å²) in [7, 11) is 0. The van der Waals surface area contributed by atoms with Gasteiger partial charge in [-0.15, -0.1) is 0 Å². The summed E-state index contributed by atoms with van der Waals surface area (Å²) >= 11 is 5.80. The van der Waals surface area contributed by atoms with Gasteiger partial charge in [0, 0.05) is 6.20 Å². The minimum atomic E-state index is -1.51. The van der Waals surface area contributed by atoms with Crippen LogP contribution in [0.4, 0.5) is 10.5 Å². The molecule has 7 heteroatoms. The van der Waals surface area contributed by atoms with Crippen LogP contribution in [0.15, 0.2) is 30.5 Å². The highest BCUT2D eigenvalue weighted by Gasteiger charge is 2.14. The SMILES string of the molecule is Nc1cc(-c2ccccn2)nc(OC(=O)O)c1Cl. The summed E-state index contributed by atoms with van der Waals surface area (Å²) in [6.07, 6.45) is 0.0708.